The highest BCUT2D eigenvalue weighted by Crippen LogP contribution is 2.32. The maximum absolute atomic E-state index is 10.8. The van der Waals surface area contributed by atoms with Gasteiger partial charge in [0.1, 0.15) is 5.75 Å². The predicted octanol–water partition coefficient (Wildman–Crippen LogP) is 2.93. The normalized spacial score (nSPS) is 10.0. The molecule has 0 N–H and O–H groups in total. The Labute approximate surface area is 96.7 Å². The third kappa shape index (κ3) is 3.28. The monoisotopic (exact) mass is 247 g/mol. The lowest BCUT2D eigenvalue weighted by atomic mass is 10.3. The first-order valence-electron chi connectivity index (χ1n) is 4.20. The fourth-order valence-electron chi connectivity index (χ4n) is 1.04. The SMILES string of the molecule is COc1ccc(SCCCl)c([N+](=O)[O-])c1. The zero-order valence-electron chi connectivity index (χ0n) is 8.10. The molecule has 6 heteroatoms. The van der Waals surface area contributed by atoms with E-state index in [2.05, 4.69) is 0 Å². The third-order valence-corrected chi connectivity index (χ3v) is 3.18. The minimum Gasteiger partial charge on any atom is -0.497 e. The Bertz CT molecular complexity index is 359. The van der Waals surface area contributed by atoms with Crippen molar-refractivity contribution in [2.45, 2.75) is 4.90 Å². The van der Waals surface area contributed by atoms with Crippen LogP contribution in [0.5, 0.6) is 5.75 Å². The van der Waals surface area contributed by atoms with E-state index < -0.39 is 4.92 Å². The average Bonchev–Trinajstić information content (AvgIpc) is 2.26. The second kappa shape index (κ2) is 5.82. The molecule has 15 heavy (non-hydrogen) atoms. The molecular formula is C9H10ClNO3S. The van der Waals surface area contributed by atoms with Gasteiger partial charge in [-0.1, -0.05) is 0 Å². The molecule has 0 amide bonds. The van der Waals surface area contributed by atoms with Crippen molar-refractivity contribution < 1.29 is 9.66 Å². The summed E-state index contributed by atoms with van der Waals surface area (Å²) in [6.07, 6.45) is 0. The first-order valence-corrected chi connectivity index (χ1v) is 5.72. The summed E-state index contributed by atoms with van der Waals surface area (Å²) in [7, 11) is 1.48. The van der Waals surface area contributed by atoms with Gasteiger partial charge in [-0.15, -0.1) is 23.4 Å². The molecule has 0 spiro atoms. The highest BCUT2D eigenvalue weighted by Gasteiger charge is 2.14. The van der Waals surface area contributed by atoms with Crippen LogP contribution in [0.1, 0.15) is 0 Å². The van der Waals surface area contributed by atoms with Gasteiger partial charge in [0.2, 0.25) is 0 Å². The van der Waals surface area contributed by atoms with Crippen molar-refractivity contribution in [3.8, 4) is 5.75 Å². The number of methoxy groups -OCH3 is 1. The first-order chi connectivity index (χ1) is 7.19. The van der Waals surface area contributed by atoms with Gasteiger partial charge in [-0.05, 0) is 12.1 Å². The predicted molar refractivity (Wildman–Crippen MR) is 61.1 cm³/mol. The van der Waals surface area contributed by atoms with Crippen molar-refractivity contribution >= 4 is 29.1 Å². The van der Waals surface area contributed by atoms with Crippen molar-refractivity contribution in [2.75, 3.05) is 18.7 Å². The van der Waals surface area contributed by atoms with Gasteiger partial charge in [0, 0.05) is 11.6 Å². The number of nitro groups is 1. The molecule has 0 aliphatic carbocycles. The van der Waals surface area contributed by atoms with Crippen LogP contribution in [0.4, 0.5) is 5.69 Å². The van der Waals surface area contributed by atoms with Crippen molar-refractivity contribution in [2.24, 2.45) is 0 Å². The zero-order chi connectivity index (χ0) is 11.3. The number of benzene rings is 1. The number of hydrogen-bond donors (Lipinski definition) is 0. The van der Waals surface area contributed by atoms with E-state index in [0.29, 0.717) is 22.3 Å². The van der Waals surface area contributed by atoms with Gasteiger partial charge >= 0.3 is 0 Å². The van der Waals surface area contributed by atoms with Gasteiger partial charge in [0.05, 0.1) is 23.0 Å². The molecule has 0 heterocycles. The summed E-state index contributed by atoms with van der Waals surface area (Å²) in [5.74, 6) is 1.60. The Morgan fingerprint density at radius 3 is 2.87 bits per heavy atom. The zero-order valence-corrected chi connectivity index (χ0v) is 9.68. The fourth-order valence-corrected chi connectivity index (χ4v) is 2.01. The molecule has 0 fully saturated rings. The molecule has 0 unspecified atom stereocenters. The Morgan fingerprint density at radius 2 is 2.33 bits per heavy atom. The molecule has 0 saturated carbocycles. The van der Waals surface area contributed by atoms with Crippen molar-refractivity contribution in [3.63, 3.8) is 0 Å². The van der Waals surface area contributed by atoms with Gasteiger partial charge in [-0.2, -0.15) is 0 Å². The van der Waals surface area contributed by atoms with E-state index >= 15 is 0 Å². The molecule has 1 aromatic carbocycles. The molecule has 82 valence electrons. The minimum absolute atomic E-state index is 0.0597. The second-order valence-electron chi connectivity index (χ2n) is 2.63. The van der Waals surface area contributed by atoms with Crippen LogP contribution in [0.2, 0.25) is 0 Å². The first kappa shape index (κ1) is 12.1. The number of thioether (sulfide) groups is 1. The topological polar surface area (TPSA) is 52.4 Å². The summed E-state index contributed by atoms with van der Waals surface area (Å²) >= 11 is 6.89. The Balaban J connectivity index is 2.98. The molecular weight excluding hydrogens is 238 g/mol. The lowest BCUT2D eigenvalue weighted by molar-refractivity contribution is -0.387. The molecule has 1 aromatic rings. The standard InChI is InChI=1S/C9H10ClNO3S/c1-14-7-2-3-9(15-5-4-10)8(6-7)11(12)13/h2-3,6H,4-5H2,1H3. The van der Waals surface area contributed by atoms with Crippen LogP contribution >= 0.6 is 23.4 Å². The van der Waals surface area contributed by atoms with Gasteiger partial charge in [-0.25, -0.2) is 0 Å². The number of nitro benzene ring substituents is 1. The van der Waals surface area contributed by atoms with Gasteiger partial charge < -0.3 is 4.74 Å². The number of nitrogens with zero attached hydrogens (tertiary/aromatic N) is 1. The van der Waals surface area contributed by atoms with Crippen LogP contribution < -0.4 is 4.74 Å². The molecule has 0 atom stereocenters. The number of ether oxygens (including phenoxy) is 1. The van der Waals surface area contributed by atoms with E-state index in [-0.39, 0.29) is 5.69 Å². The fraction of sp³-hybridized carbons (Fsp3) is 0.333. The third-order valence-electron chi connectivity index (χ3n) is 1.70. The van der Waals surface area contributed by atoms with Crippen LogP contribution in [0.25, 0.3) is 0 Å². The summed E-state index contributed by atoms with van der Waals surface area (Å²) in [6.45, 7) is 0. The van der Waals surface area contributed by atoms with Gasteiger partial charge in [0.15, 0.2) is 0 Å². The van der Waals surface area contributed by atoms with Gasteiger partial charge in [0.25, 0.3) is 5.69 Å². The Hall–Kier alpha value is -0.940. The van der Waals surface area contributed by atoms with Crippen LogP contribution in [-0.4, -0.2) is 23.7 Å². The average molecular weight is 248 g/mol. The lowest BCUT2D eigenvalue weighted by Crippen LogP contribution is -1.93. The highest BCUT2D eigenvalue weighted by atomic mass is 35.5. The van der Waals surface area contributed by atoms with Crippen LogP contribution in [-0.2, 0) is 0 Å². The molecule has 0 aliphatic rings. The molecule has 0 radical (unpaired) electrons. The number of alkyl halides is 1. The van der Waals surface area contributed by atoms with Crippen LogP contribution in [0, 0.1) is 10.1 Å². The quantitative estimate of drug-likeness (QED) is 0.347. The summed E-state index contributed by atoms with van der Waals surface area (Å²) in [6, 6.07) is 4.79. The van der Waals surface area contributed by atoms with E-state index in [1.807, 2.05) is 0 Å². The summed E-state index contributed by atoms with van der Waals surface area (Å²) in [5.41, 5.74) is 0.0597. The second-order valence-corrected chi connectivity index (χ2v) is 4.14. The smallest absolute Gasteiger partial charge is 0.286 e. The summed E-state index contributed by atoms with van der Waals surface area (Å²) in [5, 5.41) is 10.8. The van der Waals surface area contributed by atoms with Crippen molar-refractivity contribution in [1.29, 1.82) is 0 Å². The maximum Gasteiger partial charge on any atom is 0.286 e. The number of rotatable bonds is 5. The molecule has 0 aromatic heterocycles. The van der Waals surface area contributed by atoms with E-state index in [4.69, 9.17) is 16.3 Å². The van der Waals surface area contributed by atoms with Crippen molar-refractivity contribution in [1.82, 2.24) is 0 Å². The summed E-state index contributed by atoms with van der Waals surface area (Å²) in [4.78, 5) is 11.0. The molecule has 0 aliphatic heterocycles. The largest absolute Gasteiger partial charge is 0.497 e. The lowest BCUT2D eigenvalue weighted by Gasteiger charge is -2.03. The van der Waals surface area contributed by atoms with E-state index in [1.54, 1.807) is 12.1 Å². The number of halogens is 1. The molecule has 0 bridgehead atoms. The van der Waals surface area contributed by atoms with Gasteiger partial charge in [-0.3, -0.25) is 10.1 Å². The highest BCUT2D eigenvalue weighted by molar-refractivity contribution is 7.99. The van der Waals surface area contributed by atoms with Crippen LogP contribution in [0.15, 0.2) is 23.1 Å². The molecule has 0 saturated heterocycles. The molecule has 1 rings (SSSR count). The van der Waals surface area contributed by atoms with E-state index in [9.17, 15) is 10.1 Å². The maximum atomic E-state index is 10.8. The number of hydrogen-bond acceptors (Lipinski definition) is 4. The minimum atomic E-state index is -0.418. The summed E-state index contributed by atoms with van der Waals surface area (Å²) < 4.78 is 4.92. The Morgan fingerprint density at radius 1 is 1.60 bits per heavy atom. The van der Waals surface area contributed by atoms with E-state index in [0.717, 1.165) is 0 Å². The van der Waals surface area contributed by atoms with E-state index in [1.165, 1.54) is 24.9 Å². The molecule has 4 nitrogen and oxygen atoms in total. The van der Waals surface area contributed by atoms with Crippen LogP contribution in [0.3, 0.4) is 0 Å². The Kier molecular flexibility index (Phi) is 4.71. The van der Waals surface area contributed by atoms with Crippen molar-refractivity contribution in [3.05, 3.63) is 28.3 Å².